The first kappa shape index (κ1) is 21.9. The Balaban J connectivity index is 1.36. The van der Waals surface area contributed by atoms with Gasteiger partial charge in [-0.15, -0.1) is 10.2 Å². The Hall–Kier alpha value is -3.88. The molecular weight excluding hydrogens is 445 g/mol. The van der Waals surface area contributed by atoms with E-state index in [4.69, 9.17) is 4.74 Å². The van der Waals surface area contributed by atoms with Gasteiger partial charge in [-0.25, -0.2) is 0 Å². The third kappa shape index (κ3) is 4.46. The van der Waals surface area contributed by atoms with Crippen molar-refractivity contribution in [3.8, 4) is 11.5 Å². The number of pyridine rings is 1. The molecule has 5 rings (SSSR count). The summed E-state index contributed by atoms with van der Waals surface area (Å²) in [6.07, 6.45) is -2.02. The van der Waals surface area contributed by atoms with E-state index in [0.717, 1.165) is 12.3 Å². The van der Waals surface area contributed by atoms with Gasteiger partial charge in [-0.2, -0.15) is 13.2 Å². The zero-order valence-corrected chi connectivity index (χ0v) is 18.1. The van der Waals surface area contributed by atoms with Crippen LogP contribution in [0.1, 0.15) is 40.5 Å². The average Bonchev–Trinajstić information content (AvgIpc) is 3.27. The number of hydrogen-bond donors (Lipinski definition) is 0. The van der Waals surface area contributed by atoms with Crippen LogP contribution in [0, 0.1) is 0 Å². The number of halogens is 3. The van der Waals surface area contributed by atoms with Gasteiger partial charge in [0.2, 0.25) is 0 Å². The number of hydrogen-bond acceptors (Lipinski definition) is 4. The van der Waals surface area contributed by atoms with E-state index in [0.29, 0.717) is 54.5 Å². The SMILES string of the molecule is O=C(c1cccc(Oc2ccccc2)c1)N1CCCC(c2nnc3ccc(C(F)(F)F)cn23)C1. The fourth-order valence-corrected chi connectivity index (χ4v) is 4.23. The van der Waals surface area contributed by atoms with E-state index in [1.54, 1.807) is 29.2 Å². The highest BCUT2D eigenvalue weighted by Gasteiger charge is 2.33. The predicted octanol–water partition coefficient (Wildman–Crippen LogP) is 5.56. The quantitative estimate of drug-likeness (QED) is 0.395. The molecule has 0 aliphatic carbocycles. The number of rotatable bonds is 4. The fourth-order valence-electron chi connectivity index (χ4n) is 4.23. The summed E-state index contributed by atoms with van der Waals surface area (Å²) < 4.78 is 46.8. The molecule has 2 aromatic heterocycles. The Labute approximate surface area is 193 Å². The summed E-state index contributed by atoms with van der Waals surface area (Å²) in [6, 6.07) is 18.6. The van der Waals surface area contributed by atoms with Gasteiger partial charge in [0, 0.05) is 30.8 Å². The molecule has 0 saturated carbocycles. The van der Waals surface area contributed by atoms with E-state index in [1.165, 1.54) is 10.5 Å². The zero-order chi connectivity index (χ0) is 23.7. The summed E-state index contributed by atoms with van der Waals surface area (Å²) in [5.74, 6) is 1.27. The van der Waals surface area contributed by atoms with E-state index in [9.17, 15) is 18.0 Å². The Bertz CT molecular complexity index is 1320. The van der Waals surface area contributed by atoms with Crippen molar-refractivity contribution in [2.24, 2.45) is 0 Å². The van der Waals surface area contributed by atoms with Crippen molar-refractivity contribution in [3.63, 3.8) is 0 Å². The number of piperidine rings is 1. The lowest BCUT2D eigenvalue weighted by Gasteiger charge is -2.32. The molecule has 1 unspecified atom stereocenters. The number of amides is 1. The van der Waals surface area contributed by atoms with Crippen LogP contribution in [0.2, 0.25) is 0 Å². The summed E-state index contributed by atoms with van der Waals surface area (Å²) in [5.41, 5.74) is 0.0665. The summed E-state index contributed by atoms with van der Waals surface area (Å²) >= 11 is 0. The molecule has 34 heavy (non-hydrogen) atoms. The molecule has 174 valence electrons. The third-order valence-electron chi connectivity index (χ3n) is 5.89. The van der Waals surface area contributed by atoms with Gasteiger partial charge < -0.3 is 9.64 Å². The van der Waals surface area contributed by atoms with Crippen molar-refractivity contribution in [1.82, 2.24) is 19.5 Å². The van der Waals surface area contributed by atoms with E-state index < -0.39 is 11.7 Å². The monoisotopic (exact) mass is 466 g/mol. The number of carbonyl (C=O) groups excluding carboxylic acids is 1. The number of nitrogens with zero attached hydrogens (tertiary/aromatic N) is 4. The number of aromatic nitrogens is 3. The second-order valence-corrected chi connectivity index (χ2v) is 8.24. The molecule has 6 nitrogen and oxygen atoms in total. The van der Waals surface area contributed by atoms with E-state index in [1.807, 2.05) is 30.3 Å². The van der Waals surface area contributed by atoms with Gasteiger partial charge in [0.25, 0.3) is 5.91 Å². The van der Waals surface area contributed by atoms with Crippen LogP contribution < -0.4 is 4.74 Å². The number of ether oxygens (including phenoxy) is 1. The van der Waals surface area contributed by atoms with Gasteiger partial charge in [0.1, 0.15) is 17.3 Å². The number of para-hydroxylation sites is 1. The van der Waals surface area contributed by atoms with Gasteiger partial charge in [-0.3, -0.25) is 9.20 Å². The Morgan fingerprint density at radius 1 is 0.971 bits per heavy atom. The summed E-state index contributed by atoms with van der Waals surface area (Å²) in [7, 11) is 0. The molecule has 3 heterocycles. The maximum atomic E-state index is 13.2. The smallest absolute Gasteiger partial charge is 0.417 e. The first-order chi connectivity index (χ1) is 16.4. The molecule has 1 aliphatic rings. The summed E-state index contributed by atoms with van der Waals surface area (Å²) in [5, 5.41) is 8.18. The predicted molar refractivity (Wildman–Crippen MR) is 119 cm³/mol. The van der Waals surface area contributed by atoms with Crippen LogP contribution in [0.5, 0.6) is 11.5 Å². The van der Waals surface area contributed by atoms with Crippen LogP contribution >= 0.6 is 0 Å². The highest BCUT2D eigenvalue weighted by molar-refractivity contribution is 5.94. The molecule has 1 atom stereocenters. The number of benzene rings is 2. The largest absolute Gasteiger partial charge is 0.457 e. The Morgan fingerprint density at radius 3 is 2.56 bits per heavy atom. The van der Waals surface area contributed by atoms with Gasteiger partial charge in [0.05, 0.1) is 5.56 Å². The van der Waals surface area contributed by atoms with Gasteiger partial charge in [0.15, 0.2) is 5.65 Å². The van der Waals surface area contributed by atoms with Crippen LogP contribution in [0.4, 0.5) is 13.2 Å². The van der Waals surface area contributed by atoms with Crippen molar-refractivity contribution >= 4 is 11.6 Å². The van der Waals surface area contributed by atoms with Gasteiger partial charge in [-0.1, -0.05) is 24.3 Å². The molecule has 0 bridgehead atoms. The molecule has 1 fully saturated rings. The Morgan fingerprint density at radius 2 is 1.76 bits per heavy atom. The van der Waals surface area contributed by atoms with Crippen molar-refractivity contribution < 1.29 is 22.7 Å². The lowest BCUT2D eigenvalue weighted by Crippen LogP contribution is -2.39. The van der Waals surface area contributed by atoms with Crippen molar-refractivity contribution in [2.75, 3.05) is 13.1 Å². The maximum Gasteiger partial charge on any atom is 0.417 e. The standard InChI is InChI=1S/C25H21F3N4O2/c26-25(27,28)19-11-12-22-29-30-23(32(22)16-19)18-7-5-13-31(15-18)24(33)17-6-4-10-21(14-17)34-20-8-2-1-3-9-20/h1-4,6,8-12,14,16,18H,5,7,13,15H2. The minimum atomic E-state index is -4.46. The molecule has 2 aromatic carbocycles. The van der Waals surface area contributed by atoms with Gasteiger partial charge >= 0.3 is 6.18 Å². The molecule has 0 radical (unpaired) electrons. The second kappa shape index (κ2) is 8.81. The molecule has 1 aliphatic heterocycles. The number of carbonyl (C=O) groups is 1. The minimum Gasteiger partial charge on any atom is -0.457 e. The second-order valence-electron chi connectivity index (χ2n) is 8.24. The topological polar surface area (TPSA) is 59.7 Å². The fraction of sp³-hybridized carbons (Fsp3) is 0.240. The van der Waals surface area contributed by atoms with E-state index >= 15 is 0 Å². The van der Waals surface area contributed by atoms with Crippen molar-refractivity contribution in [3.05, 3.63) is 89.9 Å². The van der Waals surface area contributed by atoms with Crippen LogP contribution in [0.25, 0.3) is 5.65 Å². The number of alkyl halides is 3. The first-order valence-corrected chi connectivity index (χ1v) is 10.9. The third-order valence-corrected chi connectivity index (χ3v) is 5.89. The van der Waals surface area contributed by atoms with Crippen molar-refractivity contribution in [2.45, 2.75) is 24.9 Å². The first-order valence-electron chi connectivity index (χ1n) is 10.9. The number of likely N-dealkylation sites (tertiary alicyclic amines) is 1. The van der Waals surface area contributed by atoms with Crippen LogP contribution in [0.15, 0.2) is 72.9 Å². The maximum absolute atomic E-state index is 13.2. The van der Waals surface area contributed by atoms with Crippen LogP contribution in [0.3, 0.4) is 0 Å². The lowest BCUT2D eigenvalue weighted by molar-refractivity contribution is -0.137. The molecule has 4 aromatic rings. The zero-order valence-electron chi connectivity index (χ0n) is 18.1. The highest BCUT2D eigenvalue weighted by Crippen LogP contribution is 2.32. The van der Waals surface area contributed by atoms with Crippen LogP contribution in [-0.2, 0) is 6.18 Å². The normalized spacial score (nSPS) is 16.6. The van der Waals surface area contributed by atoms with Gasteiger partial charge in [-0.05, 0) is 55.3 Å². The number of fused-ring (bicyclic) bond motifs is 1. The van der Waals surface area contributed by atoms with E-state index in [-0.39, 0.29) is 11.8 Å². The Kier molecular flexibility index (Phi) is 5.69. The molecular formula is C25H21F3N4O2. The molecule has 9 heteroatoms. The highest BCUT2D eigenvalue weighted by atomic mass is 19.4. The lowest BCUT2D eigenvalue weighted by atomic mass is 9.96. The molecule has 0 N–H and O–H groups in total. The molecule has 1 saturated heterocycles. The minimum absolute atomic E-state index is 0.159. The molecule has 1 amide bonds. The average molecular weight is 466 g/mol. The summed E-state index contributed by atoms with van der Waals surface area (Å²) in [4.78, 5) is 15.0. The molecule has 0 spiro atoms. The van der Waals surface area contributed by atoms with Crippen LogP contribution in [-0.4, -0.2) is 38.5 Å². The summed E-state index contributed by atoms with van der Waals surface area (Å²) in [6.45, 7) is 0.906. The van der Waals surface area contributed by atoms with E-state index in [2.05, 4.69) is 10.2 Å². The van der Waals surface area contributed by atoms with Crippen molar-refractivity contribution in [1.29, 1.82) is 0 Å².